The Bertz CT molecular complexity index is 206. The Balaban J connectivity index is 2.43. The summed E-state index contributed by atoms with van der Waals surface area (Å²) in [6, 6.07) is 0. The van der Waals surface area contributed by atoms with Gasteiger partial charge in [-0.05, 0) is 25.8 Å². The molecule has 0 spiro atoms. The average molecular weight is 184 g/mol. The first kappa shape index (κ1) is 9.72. The summed E-state index contributed by atoms with van der Waals surface area (Å²) in [5.41, 5.74) is 1.48. The number of allylic oxidation sites excluding steroid dienone is 4. The Morgan fingerprint density at radius 1 is 1.50 bits per heavy atom. The third-order valence-electron chi connectivity index (χ3n) is 1.96. The molecular formula is C10H16OS. The highest BCUT2D eigenvalue weighted by Crippen LogP contribution is 2.21. The van der Waals surface area contributed by atoms with E-state index >= 15 is 0 Å². The van der Waals surface area contributed by atoms with E-state index in [0.717, 1.165) is 25.0 Å². The van der Waals surface area contributed by atoms with Gasteiger partial charge in [0.1, 0.15) is 5.44 Å². The molecule has 0 amide bonds. The van der Waals surface area contributed by atoms with Crippen molar-refractivity contribution in [1.29, 1.82) is 0 Å². The monoisotopic (exact) mass is 184 g/mol. The summed E-state index contributed by atoms with van der Waals surface area (Å²) in [4.78, 5) is 0. The maximum absolute atomic E-state index is 5.57. The molecule has 12 heavy (non-hydrogen) atoms. The van der Waals surface area contributed by atoms with Gasteiger partial charge in [0.25, 0.3) is 0 Å². The van der Waals surface area contributed by atoms with Crippen LogP contribution in [0.25, 0.3) is 0 Å². The molecule has 0 bridgehead atoms. The van der Waals surface area contributed by atoms with Crippen LogP contribution in [-0.4, -0.2) is 5.44 Å². The topological polar surface area (TPSA) is 9.23 Å². The van der Waals surface area contributed by atoms with Gasteiger partial charge in [0.05, 0.1) is 5.76 Å². The van der Waals surface area contributed by atoms with Crippen LogP contribution in [0.2, 0.25) is 0 Å². The highest BCUT2D eigenvalue weighted by atomic mass is 32.1. The summed E-state index contributed by atoms with van der Waals surface area (Å²) in [6.07, 6.45) is 7.27. The van der Waals surface area contributed by atoms with E-state index in [4.69, 9.17) is 4.74 Å². The fraction of sp³-hybridized carbons (Fsp3) is 0.600. The molecule has 1 nitrogen and oxygen atoms in total. The lowest BCUT2D eigenvalue weighted by Gasteiger charge is -2.17. The van der Waals surface area contributed by atoms with Crippen LogP contribution in [0.5, 0.6) is 0 Å². The Hall–Kier alpha value is -0.370. The molecule has 0 fully saturated rings. The summed E-state index contributed by atoms with van der Waals surface area (Å²) >= 11 is 4.28. The van der Waals surface area contributed by atoms with E-state index in [0.29, 0.717) is 0 Å². The molecule has 1 aliphatic carbocycles. The van der Waals surface area contributed by atoms with E-state index in [1.165, 1.54) is 5.57 Å². The smallest absolute Gasteiger partial charge is 0.140 e. The van der Waals surface area contributed by atoms with Crippen LogP contribution >= 0.6 is 12.6 Å². The summed E-state index contributed by atoms with van der Waals surface area (Å²) < 4.78 is 5.57. The molecule has 68 valence electrons. The first-order chi connectivity index (χ1) is 5.72. The molecule has 2 heteroatoms. The fourth-order valence-electron chi connectivity index (χ4n) is 1.08. The minimum atomic E-state index is 0.0584. The highest BCUT2D eigenvalue weighted by Gasteiger charge is 2.07. The standard InChI is InChI=1S/C10H16OS/c1-3-10(12)11-9-6-4-8(2)5-7-9/h4,6,10,12H,3,5,7H2,1-2H3. The highest BCUT2D eigenvalue weighted by molar-refractivity contribution is 7.80. The van der Waals surface area contributed by atoms with Gasteiger partial charge in [-0.1, -0.05) is 18.6 Å². The van der Waals surface area contributed by atoms with Crippen LogP contribution in [0.1, 0.15) is 33.1 Å². The molecule has 1 aliphatic rings. The molecular weight excluding hydrogens is 168 g/mol. The van der Waals surface area contributed by atoms with Crippen molar-refractivity contribution in [3.63, 3.8) is 0 Å². The van der Waals surface area contributed by atoms with E-state index < -0.39 is 0 Å². The number of hydrogen-bond donors (Lipinski definition) is 1. The Labute approximate surface area is 79.9 Å². The van der Waals surface area contributed by atoms with Crippen LogP contribution < -0.4 is 0 Å². The largest absolute Gasteiger partial charge is 0.484 e. The predicted octanol–water partition coefficient (Wildman–Crippen LogP) is 3.29. The second-order valence-corrected chi connectivity index (χ2v) is 3.70. The molecule has 0 radical (unpaired) electrons. The second-order valence-electron chi connectivity index (χ2n) is 3.13. The molecule has 0 saturated heterocycles. The quantitative estimate of drug-likeness (QED) is 0.523. The molecule has 0 aromatic rings. The zero-order valence-electron chi connectivity index (χ0n) is 7.71. The molecule has 0 heterocycles. The van der Waals surface area contributed by atoms with E-state index in [1.807, 2.05) is 0 Å². The average Bonchev–Trinajstić information content (AvgIpc) is 2.09. The Morgan fingerprint density at radius 2 is 2.25 bits per heavy atom. The van der Waals surface area contributed by atoms with Crippen molar-refractivity contribution in [2.24, 2.45) is 0 Å². The van der Waals surface area contributed by atoms with Crippen molar-refractivity contribution < 1.29 is 4.74 Å². The number of rotatable bonds is 3. The maximum atomic E-state index is 5.57. The van der Waals surface area contributed by atoms with Crippen molar-refractivity contribution >= 4 is 12.6 Å². The normalized spacial score (nSPS) is 19.6. The predicted molar refractivity (Wildman–Crippen MR) is 55.2 cm³/mol. The molecule has 1 unspecified atom stereocenters. The van der Waals surface area contributed by atoms with Gasteiger partial charge >= 0.3 is 0 Å². The number of hydrogen-bond acceptors (Lipinski definition) is 2. The van der Waals surface area contributed by atoms with Gasteiger partial charge < -0.3 is 4.74 Å². The number of thiol groups is 1. The van der Waals surface area contributed by atoms with E-state index in [2.05, 4.69) is 38.6 Å². The first-order valence-electron chi connectivity index (χ1n) is 4.43. The summed E-state index contributed by atoms with van der Waals surface area (Å²) in [6.45, 7) is 4.22. The van der Waals surface area contributed by atoms with Gasteiger partial charge in [-0.15, -0.1) is 12.6 Å². The van der Waals surface area contributed by atoms with Gasteiger partial charge in [-0.25, -0.2) is 0 Å². The van der Waals surface area contributed by atoms with Crippen molar-refractivity contribution in [2.45, 2.75) is 38.5 Å². The van der Waals surface area contributed by atoms with Gasteiger partial charge in [-0.2, -0.15) is 0 Å². The minimum Gasteiger partial charge on any atom is -0.484 e. The lowest BCUT2D eigenvalue weighted by molar-refractivity contribution is 0.175. The van der Waals surface area contributed by atoms with Gasteiger partial charge in [0.2, 0.25) is 0 Å². The van der Waals surface area contributed by atoms with Crippen LogP contribution in [0.3, 0.4) is 0 Å². The van der Waals surface area contributed by atoms with E-state index in [1.54, 1.807) is 0 Å². The fourth-order valence-corrected chi connectivity index (χ4v) is 1.21. The van der Waals surface area contributed by atoms with E-state index in [-0.39, 0.29) is 5.44 Å². The van der Waals surface area contributed by atoms with Gasteiger partial charge in [0, 0.05) is 6.42 Å². The lowest BCUT2D eigenvalue weighted by atomic mass is 10.1. The molecule has 0 N–H and O–H groups in total. The zero-order valence-corrected chi connectivity index (χ0v) is 8.60. The summed E-state index contributed by atoms with van der Waals surface area (Å²) in [7, 11) is 0. The Morgan fingerprint density at radius 3 is 2.75 bits per heavy atom. The van der Waals surface area contributed by atoms with E-state index in [9.17, 15) is 0 Å². The lowest BCUT2D eigenvalue weighted by Crippen LogP contribution is -2.05. The van der Waals surface area contributed by atoms with Crippen molar-refractivity contribution in [1.82, 2.24) is 0 Å². The van der Waals surface area contributed by atoms with Crippen LogP contribution in [0.15, 0.2) is 23.5 Å². The van der Waals surface area contributed by atoms with Gasteiger partial charge in [-0.3, -0.25) is 0 Å². The second kappa shape index (κ2) is 4.61. The van der Waals surface area contributed by atoms with Crippen LogP contribution in [-0.2, 0) is 4.74 Å². The summed E-state index contributed by atoms with van der Waals surface area (Å²) in [5, 5.41) is 0. The first-order valence-corrected chi connectivity index (χ1v) is 4.95. The minimum absolute atomic E-state index is 0.0584. The van der Waals surface area contributed by atoms with Crippen LogP contribution in [0, 0.1) is 0 Å². The number of ether oxygens (including phenoxy) is 1. The van der Waals surface area contributed by atoms with Crippen molar-refractivity contribution in [3.05, 3.63) is 23.5 Å². The van der Waals surface area contributed by atoms with Crippen LogP contribution in [0.4, 0.5) is 0 Å². The third kappa shape index (κ3) is 2.94. The molecule has 1 atom stereocenters. The third-order valence-corrected chi connectivity index (χ3v) is 2.43. The maximum Gasteiger partial charge on any atom is 0.140 e. The molecule has 0 aromatic carbocycles. The zero-order chi connectivity index (χ0) is 8.97. The molecule has 1 rings (SSSR count). The SMILES string of the molecule is CCC(S)OC1=CC=C(C)CC1. The molecule has 0 aliphatic heterocycles. The van der Waals surface area contributed by atoms with Crippen molar-refractivity contribution in [3.8, 4) is 0 Å². The Kier molecular flexibility index (Phi) is 3.73. The van der Waals surface area contributed by atoms with Crippen molar-refractivity contribution in [2.75, 3.05) is 0 Å². The summed E-state index contributed by atoms with van der Waals surface area (Å²) in [5.74, 6) is 1.07. The molecule has 0 saturated carbocycles. The molecule has 0 aromatic heterocycles. The van der Waals surface area contributed by atoms with Gasteiger partial charge in [0.15, 0.2) is 0 Å².